The largest absolute Gasteiger partial charge is 0.454 e. The first-order valence-electron chi connectivity index (χ1n) is 9.13. The van der Waals surface area contributed by atoms with E-state index < -0.39 is 0 Å². The van der Waals surface area contributed by atoms with E-state index in [4.69, 9.17) is 9.47 Å². The number of carbonyl (C=O) groups excluding carboxylic acids is 1. The van der Waals surface area contributed by atoms with Gasteiger partial charge in [-0.25, -0.2) is 4.98 Å². The molecule has 2 aromatic carbocycles. The molecule has 0 aliphatic carbocycles. The van der Waals surface area contributed by atoms with E-state index in [1.165, 1.54) is 0 Å². The monoisotopic (exact) mass is 375 g/mol. The van der Waals surface area contributed by atoms with Crippen molar-refractivity contribution in [2.24, 2.45) is 0 Å². The van der Waals surface area contributed by atoms with Crippen molar-refractivity contribution in [1.82, 2.24) is 4.98 Å². The number of fused-ring (bicyclic) bond motifs is 1. The number of nitrogens with zero attached hydrogens (tertiary/aromatic N) is 1. The predicted octanol–water partition coefficient (Wildman–Crippen LogP) is 4.93. The minimum absolute atomic E-state index is 0.234. The van der Waals surface area contributed by atoms with E-state index in [9.17, 15) is 4.79 Å². The number of aromatic nitrogens is 1. The first-order valence-corrected chi connectivity index (χ1v) is 9.13. The highest BCUT2D eigenvalue weighted by Crippen LogP contribution is 2.35. The van der Waals surface area contributed by atoms with E-state index in [1.807, 2.05) is 48.5 Å². The summed E-state index contributed by atoms with van der Waals surface area (Å²) in [7, 11) is 0. The van der Waals surface area contributed by atoms with Gasteiger partial charge in [0.15, 0.2) is 11.5 Å². The standard InChI is InChI=1S/C22H21N3O3/c1-14(2)17-5-3-4-6-18(17)25-22(26)19-9-7-16(12-23-19)24-15-8-10-20-21(11-15)28-13-27-20/h3-12,14,24H,13H2,1-2H3,(H,25,26). The number of ether oxygens (including phenoxy) is 2. The highest BCUT2D eigenvalue weighted by atomic mass is 16.7. The van der Waals surface area contributed by atoms with Gasteiger partial charge in [-0.2, -0.15) is 0 Å². The molecule has 2 N–H and O–H groups in total. The molecule has 0 spiro atoms. The Balaban J connectivity index is 1.45. The molecule has 0 bridgehead atoms. The SMILES string of the molecule is CC(C)c1ccccc1NC(=O)c1ccc(Nc2ccc3c(c2)OCO3)cn1. The Morgan fingerprint density at radius 2 is 1.79 bits per heavy atom. The van der Waals surface area contributed by atoms with Crippen LogP contribution in [-0.4, -0.2) is 17.7 Å². The van der Waals surface area contributed by atoms with Gasteiger partial charge in [0, 0.05) is 17.4 Å². The molecule has 4 rings (SSSR count). The molecule has 28 heavy (non-hydrogen) atoms. The lowest BCUT2D eigenvalue weighted by molar-refractivity contribution is 0.102. The van der Waals surface area contributed by atoms with Crippen LogP contribution in [-0.2, 0) is 0 Å². The third-order valence-electron chi connectivity index (χ3n) is 4.49. The Morgan fingerprint density at radius 1 is 1.00 bits per heavy atom. The maximum Gasteiger partial charge on any atom is 0.274 e. The third kappa shape index (κ3) is 3.76. The Bertz CT molecular complexity index is 1000. The van der Waals surface area contributed by atoms with Crippen LogP contribution in [0.2, 0.25) is 0 Å². The van der Waals surface area contributed by atoms with Gasteiger partial charge < -0.3 is 20.1 Å². The van der Waals surface area contributed by atoms with Crippen molar-refractivity contribution in [2.75, 3.05) is 17.4 Å². The van der Waals surface area contributed by atoms with Crippen molar-refractivity contribution in [3.63, 3.8) is 0 Å². The lowest BCUT2D eigenvalue weighted by Crippen LogP contribution is -2.15. The summed E-state index contributed by atoms with van der Waals surface area (Å²) in [4.78, 5) is 16.8. The second-order valence-corrected chi connectivity index (χ2v) is 6.82. The maximum absolute atomic E-state index is 12.6. The molecule has 0 unspecified atom stereocenters. The van der Waals surface area contributed by atoms with Crippen molar-refractivity contribution >= 4 is 23.0 Å². The predicted molar refractivity (Wildman–Crippen MR) is 109 cm³/mol. The number of rotatable bonds is 5. The van der Waals surface area contributed by atoms with E-state index >= 15 is 0 Å². The van der Waals surface area contributed by atoms with Crippen LogP contribution >= 0.6 is 0 Å². The normalized spacial score (nSPS) is 12.1. The second kappa shape index (κ2) is 7.60. The van der Waals surface area contributed by atoms with Crippen LogP contribution in [0.1, 0.15) is 35.8 Å². The van der Waals surface area contributed by atoms with Crippen molar-refractivity contribution in [3.8, 4) is 11.5 Å². The number of anilines is 3. The van der Waals surface area contributed by atoms with Crippen molar-refractivity contribution < 1.29 is 14.3 Å². The summed E-state index contributed by atoms with van der Waals surface area (Å²) in [5, 5.41) is 6.20. The van der Waals surface area contributed by atoms with Crippen LogP contribution < -0.4 is 20.1 Å². The van der Waals surface area contributed by atoms with E-state index in [1.54, 1.807) is 12.3 Å². The zero-order valence-electron chi connectivity index (χ0n) is 15.7. The van der Waals surface area contributed by atoms with E-state index in [0.29, 0.717) is 17.4 Å². The lowest BCUT2D eigenvalue weighted by atomic mass is 10.0. The highest BCUT2D eigenvalue weighted by molar-refractivity contribution is 6.03. The van der Waals surface area contributed by atoms with Gasteiger partial charge in [0.1, 0.15) is 5.69 Å². The molecule has 6 heteroatoms. The zero-order valence-corrected chi connectivity index (χ0v) is 15.7. The maximum atomic E-state index is 12.6. The molecule has 0 saturated heterocycles. The molecule has 6 nitrogen and oxygen atoms in total. The summed E-state index contributed by atoms with van der Waals surface area (Å²) in [6.07, 6.45) is 1.63. The molecule has 142 valence electrons. The van der Waals surface area contributed by atoms with Gasteiger partial charge in [-0.15, -0.1) is 0 Å². The minimum atomic E-state index is -0.234. The van der Waals surface area contributed by atoms with Gasteiger partial charge in [0.25, 0.3) is 5.91 Å². The first-order chi connectivity index (χ1) is 13.6. The van der Waals surface area contributed by atoms with E-state index in [2.05, 4.69) is 29.5 Å². The quantitative estimate of drug-likeness (QED) is 0.661. The number of carbonyl (C=O) groups is 1. The van der Waals surface area contributed by atoms with Crippen molar-refractivity contribution in [2.45, 2.75) is 19.8 Å². The van der Waals surface area contributed by atoms with Crippen molar-refractivity contribution in [1.29, 1.82) is 0 Å². The van der Waals surface area contributed by atoms with Gasteiger partial charge in [-0.3, -0.25) is 4.79 Å². The van der Waals surface area contributed by atoms with E-state index in [0.717, 1.165) is 28.4 Å². The molecule has 2 heterocycles. The molecule has 1 aliphatic rings. The molecule has 0 fully saturated rings. The summed E-state index contributed by atoms with van der Waals surface area (Å²) >= 11 is 0. The summed E-state index contributed by atoms with van der Waals surface area (Å²) < 4.78 is 10.7. The van der Waals surface area contributed by atoms with Gasteiger partial charge >= 0.3 is 0 Å². The lowest BCUT2D eigenvalue weighted by Gasteiger charge is -2.13. The van der Waals surface area contributed by atoms with Crippen LogP contribution in [0.4, 0.5) is 17.1 Å². The average molecular weight is 375 g/mol. The molecule has 0 saturated carbocycles. The molecular weight excluding hydrogens is 354 g/mol. The average Bonchev–Trinajstić information content (AvgIpc) is 3.16. The van der Waals surface area contributed by atoms with Crippen LogP contribution in [0.25, 0.3) is 0 Å². The number of hydrogen-bond donors (Lipinski definition) is 2. The topological polar surface area (TPSA) is 72.5 Å². The van der Waals surface area contributed by atoms with Crippen LogP contribution in [0.5, 0.6) is 11.5 Å². The molecule has 0 radical (unpaired) electrons. The summed E-state index contributed by atoms with van der Waals surface area (Å²) in [5.74, 6) is 1.52. The molecular formula is C22H21N3O3. The third-order valence-corrected chi connectivity index (χ3v) is 4.49. The fourth-order valence-corrected chi connectivity index (χ4v) is 3.04. The number of amides is 1. The van der Waals surface area contributed by atoms with Crippen molar-refractivity contribution in [3.05, 3.63) is 72.1 Å². The number of para-hydroxylation sites is 1. The van der Waals surface area contributed by atoms with Gasteiger partial charge in [0.2, 0.25) is 6.79 Å². The van der Waals surface area contributed by atoms with Gasteiger partial charge in [0.05, 0.1) is 11.9 Å². The molecule has 1 aromatic heterocycles. The van der Waals surface area contributed by atoms with Gasteiger partial charge in [-0.1, -0.05) is 32.0 Å². The van der Waals surface area contributed by atoms with Crippen LogP contribution in [0.3, 0.4) is 0 Å². The molecule has 0 atom stereocenters. The fourth-order valence-electron chi connectivity index (χ4n) is 3.04. The minimum Gasteiger partial charge on any atom is -0.454 e. The Kier molecular flexibility index (Phi) is 4.85. The Morgan fingerprint density at radius 3 is 2.57 bits per heavy atom. The van der Waals surface area contributed by atoms with Crippen LogP contribution in [0.15, 0.2) is 60.8 Å². The Labute approximate surface area is 163 Å². The summed E-state index contributed by atoms with van der Waals surface area (Å²) in [6.45, 7) is 4.43. The molecule has 1 aliphatic heterocycles. The smallest absolute Gasteiger partial charge is 0.274 e. The number of benzene rings is 2. The zero-order chi connectivity index (χ0) is 19.5. The van der Waals surface area contributed by atoms with E-state index in [-0.39, 0.29) is 12.7 Å². The van der Waals surface area contributed by atoms with Gasteiger partial charge in [-0.05, 0) is 41.8 Å². The number of pyridine rings is 1. The molecule has 3 aromatic rings. The number of nitrogens with one attached hydrogen (secondary N) is 2. The highest BCUT2D eigenvalue weighted by Gasteiger charge is 2.14. The first kappa shape index (κ1) is 17.9. The number of hydrogen-bond acceptors (Lipinski definition) is 5. The second-order valence-electron chi connectivity index (χ2n) is 6.82. The summed E-state index contributed by atoms with van der Waals surface area (Å²) in [6, 6.07) is 16.9. The molecule has 1 amide bonds. The van der Waals surface area contributed by atoms with Crippen LogP contribution in [0, 0.1) is 0 Å². The Hall–Kier alpha value is -3.54. The summed E-state index contributed by atoms with van der Waals surface area (Å²) in [5.41, 5.74) is 3.89. The fraction of sp³-hybridized carbons (Fsp3) is 0.182.